The van der Waals surface area contributed by atoms with Crippen LogP contribution in [0.4, 0.5) is 0 Å². The molecule has 2 saturated heterocycles. The fourth-order valence-electron chi connectivity index (χ4n) is 5.25. The van der Waals surface area contributed by atoms with Crippen LogP contribution in [0.3, 0.4) is 0 Å². The second-order valence-corrected chi connectivity index (χ2v) is 9.14. The monoisotopic (exact) mass is 420 g/mol. The molecule has 0 amide bonds. The second kappa shape index (κ2) is 6.65. The van der Waals surface area contributed by atoms with E-state index in [-0.39, 0.29) is 24.7 Å². The maximum Gasteiger partial charge on any atom is 0.318 e. The maximum atomic E-state index is 13.1. The highest BCUT2D eigenvalue weighted by Crippen LogP contribution is 2.61. The Hall–Kier alpha value is -2.19. The van der Waals surface area contributed by atoms with Crippen molar-refractivity contribution in [1.82, 2.24) is 0 Å². The molecule has 0 aliphatic carbocycles. The Bertz CT molecular complexity index is 874. The van der Waals surface area contributed by atoms with E-state index >= 15 is 0 Å². The first kappa shape index (κ1) is 21.1. The number of carbonyl (C=O) groups excluding carboxylic acids is 3. The summed E-state index contributed by atoms with van der Waals surface area (Å²) in [5.41, 5.74) is -2.07. The summed E-state index contributed by atoms with van der Waals surface area (Å²) in [6.07, 6.45) is 2.44. The van der Waals surface area contributed by atoms with Gasteiger partial charge in [0.15, 0.2) is 11.4 Å². The number of aliphatic hydroxyl groups is 1. The quantitative estimate of drug-likeness (QED) is 0.686. The van der Waals surface area contributed by atoms with Crippen LogP contribution >= 0.6 is 0 Å². The lowest BCUT2D eigenvalue weighted by Gasteiger charge is -2.38. The van der Waals surface area contributed by atoms with Crippen LogP contribution < -0.4 is 0 Å². The van der Waals surface area contributed by atoms with E-state index in [1.54, 1.807) is 19.9 Å². The summed E-state index contributed by atoms with van der Waals surface area (Å²) >= 11 is 0. The zero-order valence-electron chi connectivity index (χ0n) is 17.9. The van der Waals surface area contributed by atoms with Crippen LogP contribution in [0.15, 0.2) is 23.5 Å². The van der Waals surface area contributed by atoms with Gasteiger partial charge in [-0.1, -0.05) is 13.8 Å². The van der Waals surface area contributed by atoms with Gasteiger partial charge in [0, 0.05) is 36.8 Å². The molecule has 4 heterocycles. The third-order valence-corrected chi connectivity index (χ3v) is 7.27. The van der Waals surface area contributed by atoms with Gasteiger partial charge in [-0.05, 0) is 26.3 Å². The molecule has 4 aliphatic heterocycles. The van der Waals surface area contributed by atoms with Gasteiger partial charge in [0.2, 0.25) is 5.78 Å². The highest BCUT2D eigenvalue weighted by molar-refractivity contribution is 6.00. The largest absolute Gasteiger partial charge is 0.479 e. The second-order valence-electron chi connectivity index (χ2n) is 9.14. The molecule has 8 nitrogen and oxygen atoms in total. The molecule has 1 unspecified atom stereocenters. The lowest BCUT2D eigenvalue weighted by molar-refractivity contribution is -0.267. The van der Waals surface area contributed by atoms with E-state index in [1.807, 2.05) is 13.8 Å². The summed E-state index contributed by atoms with van der Waals surface area (Å²) < 4.78 is 23.1. The van der Waals surface area contributed by atoms with Gasteiger partial charge in [0.25, 0.3) is 0 Å². The highest BCUT2D eigenvalue weighted by Gasteiger charge is 2.75. The Morgan fingerprint density at radius 3 is 2.70 bits per heavy atom. The summed E-state index contributed by atoms with van der Waals surface area (Å²) in [5.74, 6) is -3.56. The van der Waals surface area contributed by atoms with Gasteiger partial charge in [-0.15, -0.1) is 0 Å². The summed E-state index contributed by atoms with van der Waals surface area (Å²) in [6, 6.07) is 0. The molecule has 30 heavy (non-hydrogen) atoms. The highest BCUT2D eigenvalue weighted by atomic mass is 16.7. The third kappa shape index (κ3) is 2.69. The van der Waals surface area contributed by atoms with Crippen molar-refractivity contribution in [1.29, 1.82) is 0 Å². The lowest BCUT2D eigenvalue weighted by atomic mass is 9.66. The number of carbonyl (C=O) groups is 3. The fourth-order valence-corrected chi connectivity index (χ4v) is 5.25. The normalized spacial score (nSPS) is 44.5. The van der Waals surface area contributed by atoms with Crippen molar-refractivity contribution < 1.29 is 38.4 Å². The van der Waals surface area contributed by atoms with Crippen LogP contribution in [0.2, 0.25) is 0 Å². The molecular weight excluding hydrogens is 392 g/mol. The van der Waals surface area contributed by atoms with Gasteiger partial charge in [-0.3, -0.25) is 14.4 Å². The van der Waals surface area contributed by atoms with Crippen molar-refractivity contribution in [2.24, 2.45) is 17.3 Å². The molecule has 0 aromatic carbocycles. The van der Waals surface area contributed by atoms with Gasteiger partial charge < -0.3 is 24.1 Å². The van der Waals surface area contributed by atoms with Crippen LogP contribution in [0.1, 0.15) is 47.5 Å². The molecule has 0 aromatic heterocycles. The summed E-state index contributed by atoms with van der Waals surface area (Å²) in [5, 5.41) is 11.6. The Morgan fingerprint density at radius 2 is 2.07 bits per heavy atom. The van der Waals surface area contributed by atoms with Crippen molar-refractivity contribution in [2.75, 3.05) is 6.61 Å². The lowest BCUT2D eigenvalue weighted by Crippen LogP contribution is -2.53. The van der Waals surface area contributed by atoms with Crippen LogP contribution in [0.25, 0.3) is 0 Å². The molecule has 7 atom stereocenters. The SMILES string of the molecule is CCC(C)[C@@]1(O)O[C@H]2C[C@@]3(C)OC(=CC3=O)/C(COC(C)=O)=C\[C@H]3OC(=O)[C@@]1(C)[C@H]23. The van der Waals surface area contributed by atoms with Crippen molar-refractivity contribution in [3.63, 3.8) is 0 Å². The van der Waals surface area contributed by atoms with E-state index in [4.69, 9.17) is 18.9 Å². The van der Waals surface area contributed by atoms with Crippen molar-refractivity contribution in [3.05, 3.63) is 23.5 Å². The fraction of sp³-hybridized carbons (Fsp3) is 0.682. The first-order valence-electron chi connectivity index (χ1n) is 10.4. The van der Waals surface area contributed by atoms with E-state index in [9.17, 15) is 19.5 Å². The Kier molecular flexibility index (Phi) is 4.67. The zero-order chi connectivity index (χ0) is 22.1. The number of ether oxygens (including phenoxy) is 4. The standard InChI is InChI=1S/C22H28O8/c1-6-11(2)22(26)21(5)18-15(28-19(21)25)7-13(10-27-12(3)23)14-8-17(24)20(4,29-14)9-16(18)30-22/h7-8,11,15-16,18,26H,6,9-10H2,1-5H3/b13-7-/t11?,15-,16+,18+,20-,21-,22-/m1/s1. The van der Waals surface area contributed by atoms with Crippen LogP contribution in [-0.4, -0.2) is 53.0 Å². The van der Waals surface area contributed by atoms with Gasteiger partial charge in [0.05, 0.1) is 6.10 Å². The molecule has 4 aliphatic rings. The Balaban J connectivity index is 1.84. The van der Waals surface area contributed by atoms with Crippen molar-refractivity contribution in [3.8, 4) is 0 Å². The van der Waals surface area contributed by atoms with E-state index in [0.717, 1.165) is 0 Å². The molecule has 0 spiro atoms. The predicted octanol–water partition coefficient (Wildman–Crippen LogP) is 1.80. The minimum Gasteiger partial charge on any atom is -0.479 e. The topological polar surface area (TPSA) is 108 Å². The molecule has 0 saturated carbocycles. The van der Waals surface area contributed by atoms with E-state index in [1.165, 1.54) is 13.0 Å². The third-order valence-electron chi connectivity index (χ3n) is 7.27. The van der Waals surface area contributed by atoms with Gasteiger partial charge in [-0.25, -0.2) is 0 Å². The van der Waals surface area contributed by atoms with Crippen molar-refractivity contribution in [2.45, 2.75) is 71.1 Å². The molecule has 8 heteroatoms. The van der Waals surface area contributed by atoms with Gasteiger partial charge in [0.1, 0.15) is 23.9 Å². The predicted molar refractivity (Wildman–Crippen MR) is 103 cm³/mol. The summed E-state index contributed by atoms with van der Waals surface area (Å²) in [4.78, 5) is 37.2. The molecule has 0 aromatic rings. The number of ketones is 1. The van der Waals surface area contributed by atoms with Crippen LogP contribution in [0.5, 0.6) is 0 Å². The number of hydrogen-bond acceptors (Lipinski definition) is 8. The minimum atomic E-state index is -1.74. The molecule has 2 bridgehead atoms. The molecule has 164 valence electrons. The van der Waals surface area contributed by atoms with E-state index in [0.29, 0.717) is 17.8 Å². The van der Waals surface area contributed by atoms with Gasteiger partial charge >= 0.3 is 11.9 Å². The molecule has 4 rings (SSSR count). The molecule has 2 fully saturated rings. The van der Waals surface area contributed by atoms with E-state index in [2.05, 4.69) is 0 Å². The maximum absolute atomic E-state index is 13.1. The summed E-state index contributed by atoms with van der Waals surface area (Å²) in [6.45, 7) is 8.25. The first-order valence-corrected chi connectivity index (χ1v) is 10.4. The summed E-state index contributed by atoms with van der Waals surface area (Å²) in [7, 11) is 0. The number of esters is 2. The number of rotatable bonds is 4. The Labute approximate surface area is 175 Å². The number of hydrogen-bond donors (Lipinski definition) is 1. The number of fused-ring (bicyclic) bond motifs is 2. The van der Waals surface area contributed by atoms with Crippen LogP contribution in [0, 0.1) is 17.3 Å². The van der Waals surface area contributed by atoms with Gasteiger partial charge in [-0.2, -0.15) is 0 Å². The zero-order valence-corrected chi connectivity index (χ0v) is 17.9. The van der Waals surface area contributed by atoms with Crippen LogP contribution in [-0.2, 0) is 33.3 Å². The molecule has 1 N–H and O–H groups in total. The smallest absolute Gasteiger partial charge is 0.318 e. The first-order chi connectivity index (χ1) is 14.0. The Morgan fingerprint density at radius 1 is 1.37 bits per heavy atom. The van der Waals surface area contributed by atoms with Crippen molar-refractivity contribution >= 4 is 17.7 Å². The minimum absolute atomic E-state index is 0.122. The average molecular weight is 420 g/mol. The average Bonchev–Trinajstić information content (AvgIpc) is 3.20. The van der Waals surface area contributed by atoms with E-state index < -0.39 is 46.9 Å². The molecular formula is C22H28O8. The molecule has 0 radical (unpaired) electrons.